The monoisotopic (exact) mass is 261 g/mol. The fourth-order valence-corrected chi connectivity index (χ4v) is 2.50. The van der Waals surface area contributed by atoms with E-state index in [1.165, 1.54) is 12.8 Å². The number of nitrogens with zero attached hydrogens (tertiary/aromatic N) is 1. The van der Waals surface area contributed by atoms with Gasteiger partial charge in [-0.3, -0.25) is 9.78 Å². The highest BCUT2D eigenvalue weighted by atomic mass is 16.1. The molecular formula is C15H23N3O. The Hall–Kier alpha value is -1.42. The van der Waals surface area contributed by atoms with Crippen LogP contribution in [0.3, 0.4) is 0 Å². The molecule has 1 aliphatic rings. The van der Waals surface area contributed by atoms with E-state index in [2.05, 4.69) is 22.5 Å². The maximum atomic E-state index is 12.0. The average molecular weight is 261 g/mol. The lowest BCUT2D eigenvalue weighted by Crippen LogP contribution is -2.50. The summed E-state index contributed by atoms with van der Waals surface area (Å²) in [6, 6.07) is 4.50. The Labute approximate surface area is 115 Å². The van der Waals surface area contributed by atoms with Crippen molar-refractivity contribution < 1.29 is 4.79 Å². The number of rotatable bonds is 4. The normalized spacial score (nSPS) is 20.8. The van der Waals surface area contributed by atoms with Crippen molar-refractivity contribution in [1.82, 2.24) is 15.6 Å². The zero-order chi connectivity index (χ0) is 13.7. The summed E-state index contributed by atoms with van der Waals surface area (Å²) in [6.45, 7) is 5.09. The van der Waals surface area contributed by atoms with Crippen LogP contribution in [-0.4, -0.2) is 29.5 Å². The number of amides is 1. The van der Waals surface area contributed by atoms with E-state index >= 15 is 0 Å². The highest BCUT2D eigenvalue weighted by molar-refractivity contribution is 5.78. The van der Waals surface area contributed by atoms with Crippen LogP contribution in [0.2, 0.25) is 0 Å². The maximum Gasteiger partial charge on any atom is 0.224 e. The van der Waals surface area contributed by atoms with Gasteiger partial charge < -0.3 is 10.6 Å². The summed E-state index contributed by atoms with van der Waals surface area (Å²) >= 11 is 0. The van der Waals surface area contributed by atoms with Crippen LogP contribution in [0, 0.1) is 6.92 Å². The fourth-order valence-electron chi connectivity index (χ4n) is 2.50. The van der Waals surface area contributed by atoms with Crippen LogP contribution in [0.1, 0.15) is 37.4 Å². The fraction of sp³-hybridized carbons (Fsp3) is 0.600. The summed E-state index contributed by atoms with van der Waals surface area (Å²) < 4.78 is 0. The number of carbonyl (C=O) groups excluding carboxylic acids is 1. The third kappa shape index (κ3) is 4.31. The maximum absolute atomic E-state index is 12.0. The molecule has 4 nitrogen and oxygen atoms in total. The quantitative estimate of drug-likeness (QED) is 0.865. The van der Waals surface area contributed by atoms with Crippen LogP contribution in [0.5, 0.6) is 0 Å². The highest BCUT2D eigenvalue weighted by Gasteiger charge is 2.20. The predicted molar refractivity (Wildman–Crippen MR) is 75.9 cm³/mol. The first-order chi connectivity index (χ1) is 9.15. The lowest BCUT2D eigenvalue weighted by Gasteiger charge is -2.29. The van der Waals surface area contributed by atoms with Crippen LogP contribution in [0.25, 0.3) is 0 Å². The molecule has 1 aromatic heterocycles. The first kappa shape index (κ1) is 14.0. The first-order valence-electron chi connectivity index (χ1n) is 7.09. The average Bonchev–Trinajstić information content (AvgIpc) is 2.42. The van der Waals surface area contributed by atoms with Crippen LogP contribution < -0.4 is 10.6 Å². The Balaban J connectivity index is 1.81. The molecule has 4 heteroatoms. The van der Waals surface area contributed by atoms with Gasteiger partial charge in [-0.25, -0.2) is 0 Å². The second-order valence-electron chi connectivity index (χ2n) is 5.40. The molecule has 0 radical (unpaired) electrons. The van der Waals surface area contributed by atoms with Gasteiger partial charge in [0.1, 0.15) is 0 Å². The van der Waals surface area contributed by atoms with Gasteiger partial charge >= 0.3 is 0 Å². The molecule has 1 aromatic rings. The number of aromatic nitrogens is 1. The SMILES string of the molecule is Cc1ccc(CC(=O)N[C@H](C)[C@@H]2CCCCN2)cn1. The topological polar surface area (TPSA) is 54.0 Å². The molecule has 0 bridgehead atoms. The minimum absolute atomic E-state index is 0.0746. The zero-order valence-electron chi connectivity index (χ0n) is 11.8. The summed E-state index contributed by atoms with van der Waals surface area (Å²) in [5.74, 6) is 0.0746. The van der Waals surface area contributed by atoms with E-state index in [1.54, 1.807) is 6.20 Å². The van der Waals surface area contributed by atoms with E-state index in [9.17, 15) is 4.79 Å². The molecule has 1 fully saturated rings. The Morgan fingerprint density at radius 3 is 3.00 bits per heavy atom. The van der Waals surface area contributed by atoms with Crippen molar-refractivity contribution >= 4 is 5.91 Å². The largest absolute Gasteiger partial charge is 0.352 e. The van der Waals surface area contributed by atoms with Gasteiger partial charge in [0.05, 0.1) is 6.42 Å². The standard InChI is InChI=1S/C15H23N3O/c1-11-6-7-13(10-17-11)9-15(19)18-12(2)14-5-3-4-8-16-14/h6-7,10,12,14,16H,3-5,8-9H2,1-2H3,(H,18,19)/t12-,14+/m1/s1. The molecule has 0 aromatic carbocycles. The van der Waals surface area contributed by atoms with Gasteiger partial charge in [-0.1, -0.05) is 12.5 Å². The number of piperidine rings is 1. The van der Waals surface area contributed by atoms with Gasteiger partial charge in [0.2, 0.25) is 5.91 Å². The molecule has 2 atom stereocenters. The number of carbonyl (C=O) groups is 1. The third-order valence-electron chi connectivity index (χ3n) is 3.68. The number of pyridine rings is 1. The molecule has 1 amide bonds. The van der Waals surface area contributed by atoms with Gasteiger partial charge in [-0.05, 0) is 44.9 Å². The van der Waals surface area contributed by atoms with Crippen molar-refractivity contribution in [3.8, 4) is 0 Å². The molecule has 0 spiro atoms. The molecule has 19 heavy (non-hydrogen) atoms. The molecule has 0 aliphatic carbocycles. The second kappa shape index (κ2) is 6.66. The minimum atomic E-state index is 0.0746. The second-order valence-corrected chi connectivity index (χ2v) is 5.40. The van der Waals surface area contributed by atoms with Gasteiger partial charge in [0.15, 0.2) is 0 Å². The molecule has 2 rings (SSSR count). The highest BCUT2D eigenvalue weighted by Crippen LogP contribution is 2.10. The first-order valence-corrected chi connectivity index (χ1v) is 7.09. The molecule has 2 N–H and O–H groups in total. The van der Waals surface area contributed by atoms with Crippen molar-refractivity contribution in [2.75, 3.05) is 6.54 Å². The van der Waals surface area contributed by atoms with E-state index in [4.69, 9.17) is 0 Å². The molecule has 1 aliphatic heterocycles. The molecule has 1 saturated heterocycles. The van der Waals surface area contributed by atoms with Gasteiger partial charge in [0.25, 0.3) is 0 Å². The predicted octanol–water partition coefficient (Wildman–Crippen LogP) is 1.58. The van der Waals surface area contributed by atoms with Crippen LogP contribution in [-0.2, 0) is 11.2 Å². The van der Waals surface area contributed by atoms with Gasteiger partial charge in [-0.2, -0.15) is 0 Å². The van der Waals surface area contributed by atoms with Crippen LogP contribution >= 0.6 is 0 Å². The molecule has 0 saturated carbocycles. The van der Waals surface area contributed by atoms with Crippen molar-refractivity contribution in [3.05, 3.63) is 29.6 Å². The van der Waals surface area contributed by atoms with Crippen LogP contribution in [0.15, 0.2) is 18.3 Å². The molecule has 0 unspecified atom stereocenters. The lowest BCUT2D eigenvalue weighted by molar-refractivity contribution is -0.121. The minimum Gasteiger partial charge on any atom is -0.352 e. The van der Waals surface area contributed by atoms with E-state index in [-0.39, 0.29) is 11.9 Å². The Bertz CT molecular complexity index is 410. The lowest BCUT2D eigenvalue weighted by atomic mass is 9.99. The Morgan fingerprint density at radius 1 is 1.53 bits per heavy atom. The Morgan fingerprint density at radius 2 is 2.37 bits per heavy atom. The Kier molecular flexibility index (Phi) is 4.91. The molecular weight excluding hydrogens is 238 g/mol. The molecule has 2 heterocycles. The van der Waals surface area contributed by atoms with E-state index < -0.39 is 0 Å². The van der Waals surface area contributed by atoms with Gasteiger partial charge in [0, 0.05) is 24.0 Å². The van der Waals surface area contributed by atoms with Crippen molar-refractivity contribution in [1.29, 1.82) is 0 Å². The summed E-state index contributed by atoms with van der Waals surface area (Å²) in [5.41, 5.74) is 1.94. The smallest absolute Gasteiger partial charge is 0.224 e. The van der Waals surface area contributed by atoms with E-state index in [0.717, 1.165) is 24.2 Å². The van der Waals surface area contributed by atoms with Crippen molar-refractivity contribution in [2.24, 2.45) is 0 Å². The van der Waals surface area contributed by atoms with E-state index in [0.29, 0.717) is 12.5 Å². The summed E-state index contributed by atoms with van der Waals surface area (Å²) in [4.78, 5) is 16.2. The van der Waals surface area contributed by atoms with Crippen molar-refractivity contribution in [3.63, 3.8) is 0 Å². The third-order valence-corrected chi connectivity index (χ3v) is 3.68. The number of hydrogen-bond acceptors (Lipinski definition) is 3. The van der Waals surface area contributed by atoms with Crippen LogP contribution in [0.4, 0.5) is 0 Å². The summed E-state index contributed by atoms with van der Waals surface area (Å²) in [7, 11) is 0. The number of hydrogen-bond donors (Lipinski definition) is 2. The van der Waals surface area contributed by atoms with Crippen molar-refractivity contribution in [2.45, 2.75) is 51.6 Å². The summed E-state index contributed by atoms with van der Waals surface area (Å²) in [5, 5.41) is 6.55. The zero-order valence-corrected chi connectivity index (χ0v) is 11.8. The number of aryl methyl sites for hydroxylation is 1. The number of nitrogens with one attached hydrogen (secondary N) is 2. The van der Waals surface area contributed by atoms with Gasteiger partial charge in [-0.15, -0.1) is 0 Å². The summed E-state index contributed by atoms with van der Waals surface area (Å²) in [6.07, 6.45) is 5.82. The van der Waals surface area contributed by atoms with E-state index in [1.807, 2.05) is 19.1 Å². The molecule has 104 valence electrons.